The SMILES string of the molecule is N#Cc1ccccc1C1C2CCCC=C2c2c(nsc2N)C1(C#N)C#N. The molecule has 2 aliphatic rings. The Kier molecular flexibility index (Phi) is 3.76. The third kappa shape index (κ3) is 2.02. The van der Waals surface area contributed by atoms with Crippen molar-refractivity contribution in [1.82, 2.24) is 4.37 Å². The lowest BCUT2D eigenvalue weighted by atomic mass is 9.56. The van der Waals surface area contributed by atoms with Gasteiger partial charge in [-0.25, -0.2) is 0 Å². The number of aromatic nitrogens is 1. The number of nitrogen functional groups attached to an aromatic ring is 1. The molecule has 2 atom stereocenters. The van der Waals surface area contributed by atoms with Crippen molar-refractivity contribution in [3.8, 4) is 18.2 Å². The number of rotatable bonds is 1. The molecule has 2 unspecified atom stereocenters. The maximum atomic E-state index is 10.1. The second kappa shape index (κ2) is 5.99. The van der Waals surface area contributed by atoms with Crippen LogP contribution in [0.3, 0.4) is 0 Å². The smallest absolute Gasteiger partial charge is 0.194 e. The lowest BCUT2D eigenvalue weighted by Gasteiger charge is -2.43. The highest BCUT2D eigenvalue weighted by molar-refractivity contribution is 7.10. The van der Waals surface area contributed by atoms with E-state index < -0.39 is 11.3 Å². The molecule has 2 aromatic rings. The van der Waals surface area contributed by atoms with E-state index in [1.807, 2.05) is 12.1 Å². The zero-order valence-electron chi connectivity index (χ0n) is 13.9. The van der Waals surface area contributed by atoms with Gasteiger partial charge in [-0.15, -0.1) is 0 Å². The molecule has 0 amide bonds. The zero-order chi connectivity index (χ0) is 18.3. The Morgan fingerprint density at radius 1 is 1.19 bits per heavy atom. The Hall–Kier alpha value is -3.14. The number of allylic oxidation sites excluding steroid dienone is 2. The van der Waals surface area contributed by atoms with Crippen LogP contribution in [0.1, 0.15) is 47.6 Å². The van der Waals surface area contributed by atoms with Crippen LogP contribution in [0.4, 0.5) is 5.00 Å². The summed E-state index contributed by atoms with van der Waals surface area (Å²) in [5.74, 6) is -0.461. The Morgan fingerprint density at radius 2 is 1.96 bits per heavy atom. The molecule has 1 heterocycles. The van der Waals surface area contributed by atoms with Crippen LogP contribution in [0, 0.1) is 39.9 Å². The largest absolute Gasteiger partial charge is 0.389 e. The summed E-state index contributed by atoms with van der Waals surface area (Å²) in [6.45, 7) is 0. The Labute approximate surface area is 155 Å². The lowest BCUT2D eigenvalue weighted by molar-refractivity contribution is 0.373. The highest BCUT2D eigenvalue weighted by Gasteiger charge is 2.55. The number of nitrogens with zero attached hydrogens (tertiary/aromatic N) is 4. The van der Waals surface area contributed by atoms with Gasteiger partial charge in [0.05, 0.1) is 29.5 Å². The molecule has 0 saturated carbocycles. The van der Waals surface area contributed by atoms with E-state index in [-0.39, 0.29) is 5.92 Å². The summed E-state index contributed by atoms with van der Waals surface area (Å²) in [6, 6.07) is 14.0. The second-order valence-corrected chi connectivity index (χ2v) is 7.48. The minimum Gasteiger partial charge on any atom is -0.389 e. The molecule has 0 aliphatic heterocycles. The molecule has 0 spiro atoms. The van der Waals surface area contributed by atoms with Gasteiger partial charge in [0.25, 0.3) is 0 Å². The third-order valence-electron chi connectivity index (χ3n) is 5.50. The van der Waals surface area contributed by atoms with Gasteiger partial charge in [-0.2, -0.15) is 20.2 Å². The van der Waals surface area contributed by atoms with Gasteiger partial charge in [0.2, 0.25) is 0 Å². The van der Waals surface area contributed by atoms with Crippen molar-refractivity contribution in [2.45, 2.75) is 30.6 Å². The maximum absolute atomic E-state index is 10.1. The first kappa shape index (κ1) is 16.3. The first-order valence-corrected chi connectivity index (χ1v) is 9.23. The van der Waals surface area contributed by atoms with Crippen LogP contribution in [0.5, 0.6) is 0 Å². The highest BCUT2D eigenvalue weighted by atomic mass is 32.1. The van der Waals surface area contributed by atoms with Crippen LogP contribution in [0.25, 0.3) is 5.57 Å². The van der Waals surface area contributed by atoms with Crippen molar-refractivity contribution in [2.75, 3.05) is 5.73 Å². The number of benzene rings is 1. The van der Waals surface area contributed by atoms with E-state index in [9.17, 15) is 15.8 Å². The zero-order valence-corrected chi connectivity index (χ0v) is 14.8. The fraction of sp³-hybridized carbons (Fsp3) is 0.300. The minimum absolute atomic E-state index is 0.0243. The van der Waals surface area contributed by atoms with E-state index >= 15 is 0 Å². The summed E-state index contributed by atoms with van der Waals surface area (Å²) in [7, 11) is 0. The number of nitrogens with two attached hydrogens (primary N) is 1. The topological polar surface area (TPSA) is 110 Å². The summed E-state index contributed by atoms with van der Waals surface area (Å²) in [5.41, 5.74) is 8.28. The Balaban J connectivity index is 2.09. The summed E-state index contributed by atoms with van der Waals surface area (Å²) < 4.78 is 4.42. The maximum Gasteiger partial charge on any atom is 0.194 e. The highest BCUT2D eigenvalue weighted by Crippen LogP contribution is 2.58. The molecule has 2 N–H and O–H groups in total. The molecule has 2 aliphatic carbocycles. The van der Waals surface area contributed by atoms with Crippen LogP contribution >= 0.6 is 11.5 Å². The van der Waals surface area contributed by atoms with Gasteiger partial charge < -0.3 is 5.73 Å². The molecule has 1 aromatic carbocycles. The van der Waals surface area contributed by atoms with Crippen molar-refractivity contribution >= 4 is 22.1 Å². The monoisotopic (exact) mass is 357 g/mol. The molecule has 1 aromatic heterocycles. The van der Waals surface area contributed by atoms with Crippen molar-refractivity contribution in [3.63, 3.8) is 0 Å². The van der Waals surface area contributed by atoms with Gasteiger partial charge in [-0.05, 0) is 53.9 Å². The Bertz CT molecular complexity index is 1030. The van der Waals surface area contributed by atoms with Gasteiger partial charge >= 0.3 is 0 Å². The molecule has 0 bridgehead atoms. The van der Waals surface area contributed by atoms with E-state index in [0.717, 1.165) is 47.5 Å². The van der Waals surface area contributed by atoms with E-state index in [0.29, 0.717) is 16.3 Å². The first-order valence-electron chi connectivity index (χ1n) is 8.45. The summed E-state index contributed by atoms with van der Waals surface area (Å²) in [4.78, 5) is 0. The molecule has 0 radical (unpaired) electrons. The third-order valence-corrected chi connectivity index (χ3v) is 6.18. The molecule has 6 heteroatoms. The summed E-state index contributed by atoms with van der Waals surface area (Å²) in [6.07, 6.45) is 4.95. The second-order valence-electron chi connectivity index (χ2n) is 6.68. The molecule has 0 saturated heterocycles. The van der Waals surface area contributed by atoms with Gasteiger partial charge in [0, 0.05) is 11.5 Å². The lowest BCUT2D eigenvalue weighted by Crippen LogP contribution is -2.41. The van der Waals surface area contributed by atoms with Crippen molar-refractivity contribution in [1.29, 1.82) is 15.8 Å². The van der Waals surface area contributed by atoms with Crippen molar-refractivity contribution in [3.05, 3.63) is 52.7 Å². The Morgan fingerprint density at radius 3 is 2.69 bits per heavy atom. The van der Waals surface area contributed by atoms with Crippen LogP contribution < -0.4 is 5.73 Å². The quantitative estimate of drug-likeness (QED) is 0.833. The fourth-order valence-electron chi connectivity index (χ4n) is 4.43. The minimum atomic E-state index is -1.45. The normalized spacial score (nSPS) is 22.7. The van der Waals surface area contributed by atoms with Gasteiger partial charge in [-0.3, -0.25) is 0 Å². The van der Waals surface area contributed by atoms with Crippen LogP contribution in [0.15, 0.2) is 30.3 Å². The molecule has 26 heavy (non-hydrogen) atoms. The van der Waals surface area contributed by atoms with E-state index in [1.165, 1.54) is 0 Å². The number of fused-ring (bicyclic) bond motifs is 3. The van der Waals surface area contributed by atoms with E-state index in [4.69, 9.17) is 5.73 Å². The first-order chi connectivity index (χ1) is 12.7. The van der Waals surface area contributed by atoms with Gasteiger partial charge in [-0.1, -0.05) is 24.3 Å². The fourth-order valence-corrected chi connectivity index (χ4v) is 5.16. The number of nitriles is 3. The molecule has 5 nitrogen and oxygen atoms in total. The molecular formula is C20H15N5S. The van der Waals surface area contributed by atoms with Gasteiger partial charge in [0.1, 0.15) is 5.00 Å². The predicted octanol–water partition coefficient (Wildman–Crippen LogP) is 3.86. The molecule has 0 fully saturated rings. The average molecular weight is 357 g/mol. The molecular weight excluding hydrogens is 342 g/mol. The standard InChI is InChI=1S/C20H15N5S/c21-9-12-5-1-2-6-13(12)17-15-8-4-3-7-14(15)16-18(25-26-19(16)24)20(17,10-22)11-23/h1-2,5-7,15,17H,3-4,8,24H2. The number of hydrogen-bond acceptors (Lipinski definition) is 6. The van der Waals surface area contributed by atoms with E-state index in [1.54, 1.807) is 12.1 Å². The number of hydrogen-bond donors (Lipinski definition) is 1. The van der Waals surface area contributed by atoms with Crippen molar-refractivity contribution in [2.24, 2.45) is 5.92 Å². The van der Waals surface area contributed by atoms with Crippen LogP contribution in [-0.4, -0.2) is 4.37 Å². The number of anilines is 1. The molecule has 126 valence electrons. The van der Waals surface area contributed by atoms with Crippen LogP contribution in [-0.2, 0) is 5.41 Å². The summed E-state index contributed by atoms with van der Waals surface area (Å²) in [5, 5.41) is 30.4. The predicted molar refractivity (Wildman–Crippen MR) is 98.6 cm³/mol. The summed E-state index contributed by atoms with van der Waals surface area (Å²) >= 11 is 1.14. The van der Waals surface area contributed by atoms with Gasteiger partial charge in [0.15, 0.2) is 5.41 Å². The molecule has 4 rings (SSSR count). The van der Waals surface area contributed by atoms with Crippen LogP contribution in [0.2, 0.25) is 0 Å². The van der Waals surface area contributed by atoms with E-state index in [2.05, 4.69) is 28.7 Å². The average Bonchev–Trinajstić information content (AvgIpc) is 3.09. The van der Waals surface area contributed by atoms with Crippen molar-refractivity contribution < 1.29 is 0 Å².